The Balaban J connectivity index is 1.57. The molecule has 1 aromatic carbocycles. The van der Waals surface area contributed by atoms with Gasteiger partial charge in [0.2, 0.25) is 5.91 Å². The molecule has 0 saturated carbocycles. The second-order valence-electron chi connectivity index (χ2n) is 4.97. The summed E-state index contributed by atoms with van der Waals surface area (Å²) in [4.78, 5) is 19.2. The van der Waals surface area contributed by atoms with Crippen molar-refractivity contribution in [2.75, 3.05) is 11.5 Å². The molecule has 1 fully saturated rings. The lowest BCUT2D eigenvalue weighted by Gasteiger charge is -2.10. The van der Waals surface area contributed by atoms with E-state index in [9.17, 15) is 9.18 Å². The van der Waals surface area contributed by atoms with Crippen LogP contribution in [0.2, 0.25) is 0 Å². The van der Waals surface area contributed by atoms with Gasteiger partial charge in [-0.2, -0.15) is 11.8 Å². The zero-order valence-electron chi connectivity index (χ0n) is 11.0. The summed E-state index contributed by atoms with van der Waals surface area (Å²) in [6.07, 6.45) is 2.01. The van der Waals surface area contributed by atoms with Crippen molar-refractivity contribution in [2.45, 2.75) is 25.3 Å². The van der Waals surface area contributed by atoms with Crippen LogP contribution in [0.3, 0.4) is 0 Å². The molecule has 0 unspecified atom stereocenters. The first-order chi connectivity index (χ1) is 9.70. The Morgan fingerprint density at radius 3 is 3.25 bits per heavy atom. The lowest BCUT2D eigenvalue weighted by Crippen LogP contribution is -2.34. The first-order valence-corrected chi connectivity index (χ1v) is 7.87. The third kappa shape index (κ3) is 3.12. The number of rotatable bonds is 4. The van der Waals surface area contributed by atoms with Gasteiger partial charge in [0.1, 0.15) is 11.6 Å². The Morgan fingerprint density at radius 1 is 1.55 bits per heavy atom. The van der Waals surface area contributed by atoms with E-state index in [2.05, 4.69) is 15.3 Å². The number of carbonyl (C=O) groups excluding carboxylic acids is 1. The van der Waals surface area contributed by atoms with Crippen molar-refractivity contribution in [3.63, 3.8) is 0 Å². The number of benzene rings is 1. The molecule has 106 valence electrons. The number of fused-ring (bicyclic) bond motifs is 1. The number of carbonyl (C=O) groups is 1. The van der Waals surface area contributed by atoms with Gasteiger partial charge in [-0.05, 0) is 30.4 Å². The second kappa shape index (κ2) is 5.83. The molecule has 0 spiro atoms. The van der Waals surface area contributed by atoms with Crippen LogP contribution in [-0.2, 0) is 11.2 Å². The van der Waals surface area contributed by atoms with Crippen LogP contribution in [0.4, 0.5) is 4.39 Å². The zero-order valence-corrected chi connectivity index (χ0v) is 11.8. The molecule has 1 atom stereocenters. The maximum atomic E-state index is 13.1. The van der Waals surface area contributed by atoms with Crippen molar-refractivity contribution in [1.82, 2.24) is 15.3 Å². The van der Waals surface area contributed by atoms with Crippen LogP contribution in [-0.4, -0.2) is 33.4 Å². The van der Waals surface area contributed by atoms with Gasteiger partial charge in [0.25, 0.3) is 0 Å². The number of hydrogen-bond donors (Lipinski definition) is 2. The average molecular weight is 293 g/mol. The molecule has 0 bridgehead atoms. The number of halogens is 1. The summed E-state index contributed by atoms with van der Waals surface area (Å²) in [6, 6.07) is 4.76. The second-order valence-corrected chi connectivity index (χ2v) is 6.12. The van der Waals surface area contributed by atoms with E-state index in [-0.39, 0.29) is 11.7 Å². The molecule has 6 heteroatoms. The Hall–Kier alpha value is -1.56. The topological polar surface area (TPSA) is 57.8 Å². The van der Waals surface area contributed by atoms with E-state index in [1.807, 2.05) is 11.8 Å². The van der Waals surface area contributed by atoms with E-state index in [0.29, 0.717) is 24.4 Å². The first kappa shape index (κ1) is 13.4. The quantitative estimate of drug-likeness (QED) is 0.909. The molecule has 2 aromatic rings. The van der Waals surface area contributed by atoms with Gasteiger partial charge in [-0.15, -0.1) is 0 Å². The van der Waals surface area contributed by atoms with Crippen molar-refractivity contribution in [3.05, 3.63) is 29.8 Å². The van der Waals surface area contributed by atoms with Gasteiger partial charge in [0.05, 0.1) is 11.0 Å². The molecule has 1 aliphatic rings. The lowest BCUT2D eigenvalue weighted by molar-refractivity contribution is -0.121. The standard InChI is InChI=1S/C14H16FN3OS/c15-9-1-2-11-12(7-9)18-13(17-11)3-4-14(19)16-10-5-6-20-8-10/h1-2,7,10H,3-6,8H2,(H,16,19)(H,17,18)/t10-/m0/s1. The van der Waals surface area contributed by atoms with Gasteiger partial charge in [-0.25, -0.2) is 9.37 Å². The fourth-order valence-corrected chi connectivity index (χ4v) is 3.49. The summed E-state index contributed by atoms with van der Waals surface area (Å²) in [6.45, 7) is 0. The van der Waals surface area contributed by atoms with Crippen LogP contribution in [0.1, 0.15) is 18.7 Å². The summed E-state index contributed by atoms with van der Waals surface area (Å²) in [7, 11) is 0. The van der Waals surface area contributed by atoms with Crippen LogP contribution in [0.25, 0.3) is 11.0 Å². The van der Waals surface area contributed by atoms with Crippen LogP contribution >= 0.6 is 11.8 Å². The highest BCUT2D eigenvalue weighted by Crippen LogP contribution is 2.17. The van der Waals surface area contributed by atoms with Crippen molar-refractivity contribution < 1.29 is 9.18 Å². The predicted molar refractivity (Wildman–Crippen MR) is 78.2 cm³/mol. The number of nitrogens with one attached hydrogen (secondary N) is 2. The predicted octanol–water partition coefficient (Wildman–Crippen LogP) is 2.26. The van der Waals surface area contributed by atoms with Gasteiger partial charge >= 0.3 is 0 Å². The summed E-state index contributed by atoms with van der Waals surface area (Å²) in [5, 5.41) is 3.03. The van der Waals surface area contributed by atoms with E-state index in [0.717, 1.165) is 29.3 Å². The minimum Gasteiger partial charge on any atom is -0.353 e. The lowest BCUT2D eigenvalue weighted by atomic mass is 10.2. The summed E-state index contributed by atoms with van der Waals surface area (Å²) >= 11 is 1.87. The first-order valence-electron chi connectivity index (χ1n) is 6.72. The van der Waals surface area contributed by atoms with Crippen LogP contribution < -0.4 is 5.32 Å². The average Bonchev–Trinajstić information content (AvgIpc) is 3.04. The summed E-state index contributed by atoms with van der Waals surface area (Å²) < 4.78 is 13.1. The Labute approximate surface area is 120 Å². The number of H-pyrrole nitrogens is 1. The molecular weight excluding hydrogens is 277 g/mol. The number of nitrogens with zero attached hydrogens (tertiary/aromatic N) is 1. The van der Waals surface area contributed by atoms with Crippen molar-refractivity contribution in [3.8, 4) is 0 Å². The fourth-order valence-electron chi connectivity index (χ4n) is 2.33. The molecule has 20 heavy (non-hydrogen) atoms. The molecular formula is C14H16FN3OS. The van der Waals surface area contributed by atoms with Gasteiger partial charge in [0, 0.05) is 24.6 Å². The Kier molecular flexibility index (Phi) is 3.91. The molecule has 1 aromatic heterocycles. The highest BCUT2D eigenvalue weighted by molar-refractivity contribution is 7.99. The van der Waals surface area contributed by atoms with E-state index in [1.165, 1.54) is 12.1 Å². The Bertz CT molecular complexity index is 622. The third-order valence-corrected chi connectivity index (χ3v) is 4.54. The number of thioether (sulfide) groups is 1. The number of hydrogen-bond acceptors (Lipinski definition) is 3. The number of amides is 1. The van der Waals surface area contributed by atoms with Crippen LogP contribution in [0.5, 0.6) is 0 Å². The van der Waals surface area contributed by atoms with E-state index >= 15 is 0 Å². The molecule has 2 N–H and O–H groups in total. The molecule has 4 nitrogen and oxygen atoms in total. The van der Waals surface area contributed by atoms with Gasteiger partial charge in [-0.1, -0.05) is 0 Å². The fraction of sp³-hybridized carbons (Fsp3) is 0.429. The maximum Gasteiger partial charge on any atom is 0.220 e. The van der Waals surface area contributed by atoms with Crippen molar-refractivity contribution in [1.29, 1.82) is 0 Å². The molecule has 0 aliphatic carbocycles. The van der Waals surface area contributed by atoms with E-state index < -0.39 is 0 Å². The SMILES string of the molecule is O=C(CCc1nc2ccc(F)cc2[nH]1)N[C@H]1CCSC1. The molecule has 1 saturated heterocycles. The van der Waals surface area contributed by atoms with Crippen molar-refractivity contribution in [2.24, 2.45) is 0 Å². The monoisotopic (exact) mass is 293 g/mol. The van der Waals surface area contributed by atoms with E-state index in [1.54, 1.807) is 6.07 Å². The molecule has 0 radical (unpaired) electrons. The van der Waals surface area contributed by atoms with Crippen LogP contribution in [0.15, 0.2) is 18.2 Å². The minimum absolute atomic E-state index is 0.0594. The Morgan fingerprint density at radius 2 is 2.45 bits per heavy atom. The van der Waals surface area contributed by atoms with Gasteiger partial charge in [-0.3, -0.25) is 4.79 Å². The molecule has 1 aliphatic heterocycles. The zero-order chi connectivity index (χ0) is 13.9. The number of aromatic nitrogens is 2. The number of aryl methyl sites for hydroxylation is 1. The molecule has 3 rings (SSSR count). The normalized spacial score (nSPS) is 18.6. The van der Waals surface area contributed by atoms with Crippen LogP contribution in [0, 0.1) is 5.82 Å². The molecule has 2 heterocycles. The summed E-state index contributed by atoms with van der Waals surface area (Å²) in [5.41, 5.74) is 1.40. The number of aromatic amines is 1. The maximum absolute atomic E-state index is 13.1. The van der Waals surface area contributed by atoms with Gasteiger partial charge in [0.15, 0.2) is 0 Å². The highest BCUT2D eigenvalue weighted by Gasteiger charge is 2.17. The summed E-state index contributed by atoms with van der Waals surface area (Å²) in [5.74, 6) is 2.63. The molecule has 1 amide bonds. The van der Waals surface area contributed by atoms with Crippen molar-refractivity contribution >= 4 is 28.7 Å². The largest absolute Gasteiger partial charge is 0.353 e. The number of imidazole rings is 1. The third-order valence-electron chi connectivity index (χ3n) is 3.38. The van der Waals surface area contributed by atoms with E-state index in [4.69, 9.17) is 0 Å². The smallest absolute Gasteiger partial charge is 0.220 e. The minimum atomic E-state index is -0.288. The van der Waals surface area contributed by atoms with Gasteiger partial charge < -0.3 is 10.3 Å². The highest BCUT2D eigenvalue weighted by atomic mass is 32.2.